The van der Waals surface area contributed by atoms with Gasteiger partial charge in [-0.15, -0.1) is 0 Å². The molecule has 0 saturated carbocycles. The summed E-state index contributed by atoms with van der Waals surface area (Å²) in [5.41, 5.74) is 0.305. The molecule has 0 unspecified atom stereocenters. The van der Waals surface area contributed by atoms with Gasteiger partial charge < -0.3 is 0 Å². The van der Waals surface area contributed by atoms with E-state index in [9.17, 15) is 4.79 Å². The third-order valence-corrected chi connectivity index (χ3v) is 2.70. The van der Waals surface area contributed by atoms with Gasteiger partial charge in [0, 0.05) is 24.0 Å². The molecular formula is C12H9N3O. The molecule has 0 aliphatic rings. The van der Waals surface area contributed by atoms with Crippen LogP contribution in [0.2, 0.25) is 0 Å². The van der Waals surface area contributed by atoms with Crippen LogP contribution in [0.15, 0.2) is 41.5 Å². The van der Waals surface area contributed by atoms with Crippen molar-refractivity contribution in [1.29, 1.82) is 0 Å². The van der Waals surface area contributed by atoms with E-state index in [0.717, 1.165) is 16.2 Å². The maximum Gasteiger partial charge on any atom is 0.292 e. The van der Waals surface area contributed by atoms with Crippen LogP contribution in [0, 0.1) is 0 Å². The molecule has 0 spiro atoms. The highest BCUT2D eigenvalue weighted by atomic mass is 16.1. The number of aryl methyl sites for hydroxylation is 1. The number of pyridine rings is 1. The second-order valence-electron chi connectivity index (χ2n) is 3.68. The highest BCUT2D eigenvalue weighted by Gasteiger charge is 2.05. The molecule has 1 aromatic carbocycles. The molecule has 0 aliphatic heterocycles. The summed E-state index contributed by atoms with van der Waals surface area (Å²) < 4.78 is 1.30. The number of benzene rings is 1. The maximum atomic E-state index is 11.8. The molecule has 78 valence electrons. The van der Waals surface area contributed by atoms with Gasteiger partial charge >= 0.3 is 0 Å². The molecular weight excluding hydrogens is 202 g/mol. The van der Waals surface area contributed by atoms with Crippen LogP contribution in [0.4, 0.5) is 0 Å². The van der Waals surface area contributed by atoms with Gasteiger partial charge in [0.1, 0.15) is 5.52 Å². The average molecular weight is 211 g/mol. The molecule has 0 radical (unpaired) electrons. The zero-order valence-corrected chi connectivity index (χ0v) is 8.71. The van der Waals surface area contributed by atoms with Crippen molar-refractivity contribution in [3.05, 3.63) is 47.0 Å². The molecule has 3 aromatic rings. The lowest BCUT2D eigenvalue weighted by atomic mass is 10.1. The Morgan fingerprint density at radius 2 is 1.94 bits per heavy atom. The molecule has 0 N–H and O–H groups in total. The summed E-state index contributed by atoms with van der Waals surface area (Å²) >= 11 is 0. The van der Waals surface area contributed by atoms with Crippen LogP contribution in [0.3, 0.4) is 0 Å². The van der Waals surface area contributed by atoms with E-state index in [1.807, 2.05) is 24.3 Å². The first kappa shape index (κ1) is 9.03. The van der Waals surface area contributed by atoms with Crippen molar-refractivity contribution in [1.82, 2.24) is 14.8 Å². The molecule has 0 atom stereocenters. The summed E-state index contributed by atoms with van der Waals surface area (Å²) in [6.45, 7) is 0. The topological polar surface area (TPSA) is 47.8 Å². The molecule has 0 bridgehead atoms. The molecule has 3 rings (SSSR count). The Bertz CT molecular complexity index is 746. The van der Waals surface area contributed by atoms with Gasteiger partial charge in [-0.3, -0.25) is 4.79 Å². The first-order valence-electron chi connectivity index (χ1n) is 4.97. The monoisotopic (exact) mass is 211 g/mol. The Kier molecular flexibility index (Phi) is 1.77. The number of fused-ring (bicyclic) bond motifs is 3. The van der Waals surface area contributed by atoms with Crippen LogP contribution in [-0.4, -0.2) is 14.8 Å². The molecule has 4 heteroatoms. The van der Waals surface area contributed by atoms with Crippen molar-refractivity contribution in [3.63, 3.8) is 0 Å². The fraction of sp³-hybridized carbons (Fsp3) is 0.0833. The number of aromatic nitrogens is 3. The second kappa shape index (κ2) is 3.13. The molecule has 4 nitrogen and oxygen atoms in total. The summed E-state index contributed by atoms with van der Waals surface area (Å²) in [6, 6.07) is 7.84. The predicted octanol–water partition coefficient (Wildman–Crippen LogP) is 1.48. The number of hydrogen-bond donors (Lipinski definition) is 0. The van der Waals surface area contributed by atoms with Gasteiger partial charge in [-0.1, -0.05) is 24.3 Å². The molecule has 0 aliphatic carbocycles. The summed E-state index contributed by atoms with van der Waals surface area (Å²) in [5, 5.41) is 6.86. The van der Waals surface area contributed by atoms with Crippen molar-refractivity contribution >= 4 is 21.7 Å². The lowest BCUT2D eigenvalue weighted by Gasteiger charge is -2.02. The Morgan fingerprint density at radius 1 is 1.12 bits per heavy atom. The highest BCUT2D eigenvalue weighted by molar-refractivity contribution is 6.04. The first-order chi connectivity index (χ1) is 7.77. The molecule has 2 heterocycles. The number of hydrogen-bond acceptors (Lipinski definition) is 3. The smallest absolute Gasteiger partial charge is 0.265 e. The molecule has 16 heavy (non-hydrogen) atoms. The zero-order chi connectivity index (χ0) is 11.1. The van der Waals surface area contributed by atoms with Crippen molar-refractivity contribution in [2.45, 2.75) is 0 Å². The van der Waals surface area contributed by atoms with Gasteiger partial charge in [-0.05, 0) is 5.39 Å². The van der Waals surface area contributed by atoms with Gasteiger partial charge in [0.05, 0.1) is 6.20 Å². The quantitative estimate of drug-likeness (QED) is 0.529. The van der Waals surface area contributed by atoms with Crippen LogP contribution in [-0.2, 0) is 7.05 Å². The standard InChI is InChI=1S/C12H9N3O/c1-15-12(16)11-10(7-14-15)9-5-3-2-4-8(9)6-13-11/h2-7H,1H3. The highest BCUT2D eigenvalue weighted by Crippen LogP contribution is 2.19. The van der Waals surface area contributed by atoms with Crippen LogP contribution < -0.4 is 5.56 Å². The average Bonchev–Trinajstić information content (AvgIpc) is 2.33. The second-order valence-corrected chi connectivity index (χ2v) is 3.68. The van der Waals surface area contributed by atoms with E-state index in [1.54, 1.807) is 19.4 Å². The van der Waals surface area contributed by atoms with Gasteiger partial charge in [-0.25, -0.2) is 9.67 Å². The largest absolute Gasteiger partial charge is 0.292 e. The normalized spacial score (nSPS) is 11.1. The van der Waals surface area contributed by atoms with Gasteiger partial charge in [0.15, 0.2) is 0 Å². The van der Waals surface area contributed by atoms with Crippen molar-refractivity contribution < 1.29 is 0 Å². The van der Waals surface area contributed by atoms with Crippen molar-refractivity contribution in [2.75, 3.05) is 0 Å². The van der Waals surface area contributed by atoms with Gasteiger partial charge in [0.2, 0.25) is 0 Å². The van der Waals surface area contributed by atoms with Crippen LogP contribution >= 0.6 is 0 Å². The minimum atomic E-state index is -0.164. The zero-order valence-electron chi connectivity index (χ0n) is 8.71. The van der Waals surface area contributed by atoms with E-state index < -0.39 is 0 Å². The minimum Gasteiger partial charge on any atom is -0.265 e. The third kappa shape index (κ3) is 1.13. The van der Waals surface area contributed by atoms with Crippen LogP contribution in [0.5, 0.6) is 0 Å². The minimum absolute atomic E-state index is 0.164. The van der Waals surface area contributed by atoms with E-state index in [-0.39, 0.29) is 5.56 Å². The van der Waals surface area contributed by atoms with Crippen LogP contribution in [0.25, 0.3) is 21.7 Å². The Morgan fingerprint density at radius 3 is 2.81 bits per heavy atom. The third-order valence-electron chi connectivity index (χ3n) is 2.70. The molecule has 0 saturated heterocycles. The van der Waals surface area contributed by atoms with Crippen molar-refractivity contribution in [3.8, 4) is 0 Å². The van der Waals surface area contributed by atoms with E-state index in [0.29, 0.717) is 5.52 Å². The van der Waals surface area contributed by atoms with Gasteiger partial charge in [-0.2, -0.15) is 5.10 Å². The maximum absolute atomic E-state index is 11.8. The number of rotatable bonds is 0. The van der Waals surface area contributed by atoms with E-state index in [2.05, 4.69) is 10.1 Å². The van der Waals surface area contributed by atoms with Crippen molar-refractivity contribution in [2.24, 2.45) is 7.05 Å². The Labute approximate surface area is 91.2 Å². The SMILES string of the molecule is Cn1ncc2c(ncc3ccccc32)c1=O. The molecule has 2 aromatic heterocycles. The van der Waals surface area contributed by atoms with Crippen LogP contribution in [0.1, 0.15) is 0 Å². The number of nitrogens with zero attached hydrogens (tertiary/aromatic N) is 3. The summed E-state index contributed by atoms with van der Waals surface area (Å²) in [7, 11) is 1.62. The lowest BCUT2D eigenvalue weighted by molar-refractivity contribution is 0.716. The Hall–Kier alpha value is -2.23. The Balaban J connectivity index is 2.63. The van der Waals surface area contributed by atoms with E-state index in [1.165, 1.54) is 4.68 Å². The first-order valence-corrected chi connectivity index (χ1v) is 4.97. The summed E-state index contributed by atoms with van der Waals surface area (Å²) in [4.78, 5) is 16.0. The fourth-order valence-electron chi connectivity index (χ4n) is 1.84. The predicted molar refractivity (Wildman–Crippen MR) is 62.3 cm³/mol. The molecule has 0 fully saturated rings. The van der Waals surface area contributed by atoms with E-state index >= 15 is 0 Å². The molecule has 0 amide bonds. The summed E-state index contributed by atoms with van der Waals surface area (Å²) in [6.07, 6.45) is 3.41. The fourth-order valence-corrected chi connectivity index (χ4v) is 1.84. The summed E-state index contributed by atoms with van der Waals surface area (Å²) in [5.74, 6) is 0. The van der Waals surface area contributed by atoms with E-state index in [4.69, 9.17) is 0 Å². The van der Waals surface area contributed by atoms with Gasteiger partial charge in [0.25, 0.3) is 5.56 Å². The lowest BCUT2D eigenvalue weighted by Crippen LogP contribution is -2.19.